The third kappa shape index (κ3) is 14.9. The Kier molecular flexibility index (Phi) is 20.3. The minimum atomic E-state index is -1.41. The minimum absolute atomic E-state index is 0.00610. The topological polar surface area (TPSA) is 165 Å². The molecular weight excluding hydrogens is 1100 g/mol. The van der Waals surface area contributed by atoms with Crippen LogP contribution in [-0.4, -0.2) is 86.9 Å². The molecule has 1 aliphatic heterocycles. The summed E-state index contributed by atoms with van der Waals surface area (Å²) < 4.78 is 11.8. The number of para-hydroxylation sites is 1. The molecule has 1 aromatic heterocycles. The molecule has 0 spiro atoms. The quantitative estimate of drug-likeness (QED) is 0.0298. The lowest BCUT2D eigenvalue weighted by atomic mass is 9.84. The Labute approximate surface area is 507 Å². The number of allylic oxidation sites excluding steroid dienone is 1. The first-order valence-electron chi connectivity index (χ1n) is 28.9. The van der Waals surface area contributed by atoms with Crippen LogP contribution in [0.5, 0.6) is 0 Å². The zero-order chi connectivity index (χ0) is 60.0. The molecule has 12 nitrogen and oxygen atoms in total. The number of ether oxygens (including phenoxy) is 2. The second-order valence-electron chi connectivity index (χ2n) is 22.6. The van der Waals surface area contributed by atoms with Gasteiger partial charge in [-0.1, -0.05) is 220 Å². The van der Waals surface area contributed by atoms with Crippen LogP contribution in [0, 0.1) is 5.92 Å². The van der Waals surface area contributed by atoms with Gasteiger partial charge in [-0.2, -0.15) is 0 Å². The Hall–Kier alpha value is -8.17. The van der Waals surface area contributed by atoms with E-state index in [4.69, 9.17) is 9.47 Å². The number of hydrogen-bond acceptors (Lipinski definition) is 10. The number of carbonyl (C=O) groups excluding carboxylic acids is 5. The predicted molar refractivity (Wildman–Crippen MR) is 340 cm³/mol. The molecule has 2 heterocycles. The van der Waals surface area contributed by atoms with Gasteiger partial charge in [-0.05, 0) is 89.9 Å². The van der Waals surface area contributed by atoms with Crippen LogP contribution in [0.3, 0.4) is 0 Å². The number of aliphatic hydroxyl groups is 1. The average Bonchev–Trinajstić information content (AvgIpc) is 3.47. The van der Waals surface area contributed by atoms with Crippen molar-refractivity contribution in [2.24, 2.45) is 5.92 Å². The van der Waals surface area contributed by atoms with E-state index < -0.39 is 81.6 Å². The van der Waals surface area contributed by atoms with Crippen molar-refractivity contribution in [3.8, 4) is 0 Å². The Balaban J connectivity index is 1.07. The molecule has 4 N–H and O–H groups in total. The Morgan fingerprint density at radius 1 is 0.612 bits per heavy atom. The van der Waals surface area contributed by atoms with E-state index in [9.17, 15) is 19.5 Å². The highest BCUT2D eigenvalue weighted by atomic mass is 32.2. The zero-order valence-corrected chi connectivity index (χ0v) is 50.3. The highest BCUT2D eigenvalue weighted by Crippen LogP contribution is 2.50. The Morgan fingerprint density at radius 2 is 1.06 bits per heavy atom. The van der Waals surface area contributed by atoms with Crippen LogP contribution in [0.25, 0.3) is 10.9 Å². The molecule has 8 aromatic rings. The van der Waals surface area contributed by atoms with Crippen LogP contribution < -0.4 is 16.0 Å². The fourth-order valence-electron chi connectivity index (χ4n) is 11.1. The van der Waals surface area contributed by atoms with Crippen molar-refractivity contribution >= 4 is 64.2 Å². The summed E-state index contributed by atoms with van der Waals surface area (Å²) in [6.45, 7) is 9.00. The maximum absolute atomic E-state index is 15.4. The van der Waals surface area contributed by atoms with Crippen molar-refractivity contribution in [2.75, 3.05) is 11.5 Å². The largest absolute Gasteiger partial charge is 0.457 e. The molecule has 3 amide bonds. The van der Waals surface area contributed by atoms with Gasteiger partial charge >= 0.3 is 12.1 Å². The summed E-state index contributed by atoms with van der Waals surface area (Å²) in [7, 11) is 0. The van der Waals surface area contributed by atoms with Gasteiger partial charge in [-0.3, -0.25) is 23.7 Å². The molecular formula is C71H74N4O8S2. The lowest BCUT2D eigenvalue weighted by Crippen LogP contribution is -2.58. The summed E-state index contributed by atoms with van der Waals surface area (Å²) >= 11 is 3.23. The summed E-state index contributed by atoms with van der Waals surface area (Å²) in [6.07, 6.45) is 1.58. The van der Waals surface area contributed by atoms with Gasteiger partial charge in [0.15, 0.2) is 0 Å². The van der Waals surface area contributed by atoms with Gasteiger partial charge < -0.3 is 30.5 Å². The number of nitrogens with zero attached hydrogens (tertiary/aromatic N) is 1. The number of benzene rings is 7. The Bertz CT molecular complexity index is 3350. The highest BCUT2D eigenvalue weighted by molar-refractivity contribution is 8.00. The van der Waals surface area contributed by atoms with Crippen LogP contribution in [0.15, 0.2) is 225 Å². The summed E-state index contributed by atoms with van der Waals surface area (Å²) in [5.74, 6) is -2.43. The van der Waals surface area contributed by atoms with E-state index in [1.807, 2.05) is 178 Å². The van der Waals surface area contributed by atoms with Crippen LogP contribution in [0.4, 0.5) is 4.79 Å². The van der Waals surface area contributed by atoms with Crippen LogP contribution >= 0.6 is 23.5 Å². The van der Waals surface area contributed by atoms with Gasteiger partial charge in [0, 0.05) is 23.8 Å². The van der Waals surface area contributed by atoms with E-state index in [0.717, 1.165) is 33.4 Å². The lowest BCUT2D eigenvalue weighted by Gasteiger charge is -2.37. The number of aliphatic hydroxyl groups excluding tert-OH is 1. The minimum Gasteiger partial charge on any atom is -0.457 e. The number of aromatic nitrogens is 1. The Morgan fingerprint density at radius 3 is 1.53 bits per heavy atom. The standard InChI is InChI=1S/C71H74N4O8S2/c1-49(2)65-62(76)46-64(78)82-57(40-26-27-43-84-70(51-28-12-6-13-29-51,52-30-14-7-15-31-52)53-32-16-8-17-33-53)45-63(77)72-59(44-50-47-75(68(81)83-69(3,4)5)61-42-25-24-41-58(50)61)66(79)73-60(67(80)74-65)48-85-71(54-34-18-9-19-35-54,55-36-20-10-21-37-55)56-38-22-11-23-39-56/h6-26,28-42,47,49,57,59-60,62,65,76H,27,43-46,48H2,1-5H3,(H,72,77)(H,73,79)(H,74,80)/b40-26+/t57-,59-,60-,62+,65-/m1/s1. The number of rotatable bonds is 17. The van der Waals surface area contributed by atoms with E-state index in [-0.39, 0.29) is 24.5 Å². The third-order valence-electron chi connectivity index (χ3n) is 15.1. The summed E-state index contributed by atoms with van der Waals surface area (Å²) in [5.41, 5.74) is 6.40. The first kappa shape index (κ1) is 61.4. The van der Waals surface area contributed by atoms with Gasteiger partial charge in [-0.15, -0.1) is 23.5 Å². The number of hydrogen-bond donors (Lipinski definition) is 4. The van der Waals surface area contributed by atoms with Gasteiger partial charge in [0.2, 0.25) is 17.7 Å². The van der Waals surface area contributed by atoms with Crippen molar-refractivity contribution in [1.82, 2.24) is 20.5 Å². The fraction of sp³-hybridized carbons (Fsp3) is 0.282. The molecule has 1 saturated heterocycles. The molecule has 0 radical (unpaired) electrons. The molecule has 1 fully saturated rings. The zero-order valence-electron chi connectivity index (χ0n) is 48.6. The van der Waals surface area contributed by atoms with E-state index >= 15 is 9.59 Å². The molecule has 85 heavy (non-hydrogen) atoms. The number of cyclic esters (lactones) is 1. The van der Waals surface area contributed by atoms with E-state index in [1.165, 1.54) is 16.3 Å². The maximum Gasteiger partial charge on any atom is 0.419 e. The molecule has 0 saturated carbocycles. The maximum atomic E-state index is 15.4. The fourth-order valence-corrected chi connectivity index (χ4v) is 14.1. The average molecular weight is 1180 g/mol. The van der Waals surface area contributed by atoms with Crippen LogP contribution in [-0.2, 0) is 44.6 Å². The van der Waals surface area contributed by atoms with Gasteiger partial charge in [-0.25, -0.2) is 4.79 Å². The monoisotopic (exact) mass is 1170 g/mol. The van der Waals surface area contributed by atoms with E-state index in [2.05, 4.69) is 52.3 Å². The number of nitrogens with one attached hydrogen (secondary N) is 3. The van der Waals surface area contributed by atoms with Crippen molar-refractivity contribution in [1.29, 1.82) is 0 Å². The number of carbonyl (C=O) groups is 5. The predicted octanol–water partition coefficient (Wildman–Crippen LogP) is 12.5. The van der Waals surface area contributed by atoms with Gasteiger partial charge in [0.25, 0.3) is 0 Å². The first-order chi connectivity index (χ1) is 41.1. The van der Waals surface area contributed by atoms with Crippen molar-refractivity contribution in [2.45, 2.75) is 106 Å². The lowest BCUT2D eigenvalue weighted by molar-refractivity contribution is -0.151. The molecule has 0 bridgehead atoms. The number of thioether (sulfide) groups is 2. The van der Waals surface area contributed by atoms with Crippen molar-refractivity contribution < 1.29 is 38.6 Å². The molecule has 438 valence electrons. The first-order valence-corrected chi connectivity index (χ1v) is 30.9. The summed E-state index contributed by atoms with van der Waals surface area (Å²) in [4.78, 5) is 73.3. The van der Waals surface area contributed by atoms with Gasteiger partial charge in [0.1, 0.15) is 23.8 Å². The summed E-state index contributed by atoms with van der Waals surface area (Å²) in [5, 5.41) is 21.7. The van der Waals surface area contributed by atoms with Crippen LogP contribution in [0.1, 0.15) is 92.8 Å². The molecule has 0 aliphatic carbocycles. The number of amides is 3. The second-order valence-corrected chi connectivity index (χ2v) is 25.2. The molecule has 9 rings (SSSR count). The second kappa shape index (κ2) is 28.1. The van der Waals surface area contributed by atoms with Crippen LogP contribution in [0.2, 0.25) is 0 Å². The molecule has 7 aromatic carbocycles. The molecule has 0 unspecified atom stereocenters. The van der Waals surface area contributed by atoms with E-state index in [0.29, 0.717) is 28.6 Å². The highest BCUT2D eigenvalue weighted by Gasteiger charge is 2.41. The summed E-state index contributed by atoms with van der Waals surface area (Å²) in [6, 6.07) is 64.7. The molecule has 14 heteroatoms. The normalized spacial score (nSPS) is 18.6. The van der Waals surface area contributed by atoms with Crippen molar-refractivity contribution in [3.63, 3.8) is 0 Å². The molecule has 5 atom stereocenters. The van der Waals surface area contributed by atoms with Gasteiger partial charge in [0.05, 0.1) is 40.0 Å². The SMILES string of the molecule is CC(C)[C@H]1NC(=O)[C@@H](CSC(c2ccccc2)(c2ccccc2)c2ccccc2)NC(=O)[C@@H](Cc2cn(C(=O)OC(C)(C)C)c3ccccc23)NC(=O)C[C@@H](/C=C/CCSC(c2ccccc2)(c2ccccc2)c2ccccc2)OC(=O)C[C@@H]1O. The number of fused-ring (bicyclic) bond motifs is 1. The van der Waals surface area contributed by atoms with E-state index in [1.54, 1.807) is 56.9 Å². The molecule has 1 aliphatic rings. The van der Waals surface area contributed by atoms with Crippen molar-refractivity contribution in [3.05, 3.63) is 264 Å². The smallest absolute Gasteiger partial charge is 0.419 e. The number of esters is 1. The third-order valence-corrected chi connectivity index (χ3v) is 18.3.